The Morgan fingerprint density at radius 3 is 2.71 bits per heavy atom. The normalized spacial score (nSPS) is 16.5. The molecule has 3 N–H and O–H groups in total. The van der Waals surface area contributed by atoms with Crippen molar-refractivity contribution in [3.05, 3.63) is 65.0 Å². The lowest BCUT2D eigenvalue weighted by molar-refractivity contribution is -0.117. The van der Waals surface area contributed by atoms with Crippen LogP contribution in [0, 0.1) is 5.82 Å². The number of benzene rings is 2. The van der Waals surface area contributed by atoms with Crippen molar-refractivity contribution in [3.8, 4) is 0 Å². The molecule has 0 saturated carbocycles. The first-order valence-corrected chi connectivity index (χ1v) is 7.04. The van der Waals surface area contributed by atoms with Crippen LogP contribution in [0.5, 0.6) is 0 Å². The zero-order chi connectivity index (χ0) is 14.8. The van der Waals surface area contributed by atoms with Gasteiger partial charge in [0.2, 0.25) is 5.91 Å². The molecule has 108 valence electrons. The molecule has 2 aromatic rings. The number of halogens is 1. The van der Waals surface area contributed by atoms with E-state index < -0.39 is 0 Å². The Morgan fingerprint density at radius 1 is 1.24 bits per heavy atom. The van der Waals surface area contributed by atoms with Crippen LogP contribution in [0.4, 0.5) is 10.1 Å². The van der Waals surface area contributed by atoms with Crippen LogP contribution in [0.1, 0.15) is 29.2 Å². The summed E-state index contributed by atoms with van der Waals surface area (Å²) in [6, 6.07) is 12.9. The summed E-state index contributed by atoms with van der Waals surface area (Å²) in [5.41, 5.74) is 9.32. The molecule has 21 heavy (non-hydrogen) atoms. The number of hydrogen-bond acceptors (Lipinski definition) is 2. The zero-order valence-corrected chi connectivity index (χ0v) is 11.6. The Balaban J connectivity index is 1.72. The van der Waals surface area contributed by atoms with Crippen LogP contribution < -0.4 is 11.1 Å². The number of carbonyl (C=O) groups excluding carboxylic acids is 1. The predicted molar refractivity (Wildman–Crippen MR) is 80.4 cm³/mol. The van der Waals surface area contributed by atoms with Crippen molar-refractivity contribution in [2.24, 2.45) is 5.73 Å². The standard InChI is InChI=1S/C17H17FN2O/c18-13-4-7-15-12(10-13)3-8-16(15)20-14-5-1-11(2-6-14)9-17(19)21/h1-2,4-7,10,16,20H,3,8-9H2,(H2,19,21). The number of hydrogen-bond donors (Lipinski definition) is 2. The molecule has 0 saturated heterocycles. The fourth-order valence-electron chi connectivity index (χ4n) is 2.86. The number of aryl methyl sites for hydroxylation is 1. The second-order valence-electron chi connectivity index (χ2n) is 5.42. The maximum Gasteiger partial charge on any atom is 0.221 e. The van der Waals surface area contributed by atoms with Gasteiger partial charge in [0.15, 0.2) is 0 Å². The van der Waals surface area contributed by atoms with Crippen LogP contribution in [-0.4, -0.2) is 5.91 Å². The highest BCUT2D eigenvalue weighted by atomic mass is 19.1. The first-order chi connectivity index (χ1) is 10.1. The first kappa shape index (κ1) is 13.6. The number of amides is 1. The minimum absolute atomic E-state index is 0.176. The van der Waals surface area contributed by atoms with Gasteiger partial charge in [-0.2, -0.15) is 0 Å². The van der Waals surface area contributed by atoms with E-state index in [0.29, 0.717) is 0 Å². The summed E-state index contributed by atoms with van der Waals surface area (Å²) in [6.07, 6.45) is 2.11. The van der Waals surface area contributed by atoms with Gasteiger partial charge in [0.05, 0.1) is 12.5 Å². The maximum absolute atomic E-state index is 13.2. The molecule has 0 spiro atoms. The molecule has 1 unspecified atom stereocenters. The maximum atomic E-state index is 13.2. The van der Waals surface area contributed by atoms with Crippen LogP contribution in [-0.2, 0) is 17.6 Å². The smallest absolute Gasteiger partial charge is 0.221 e. The number of fused-ring (bicyclic) bond motifs is 1. The van der Waals surface area contributed by atoms with E-state index in [-0.39, 0.29) is 24.2 Å². The molecule has 1 aliphatic carbocycles. The van der Waals surface area contributed by atoms with Crippen molar-refractivity contribution >= 4 is 11.6 Å². The molecule has 3 nitrogen and oxygen atoms in total. The van der Waals surface area contributed by atoms with Crippen molar-refractivity contribution in [2.75, 3.05) is 5.32 Å². The van der Waals surface area contributed by atoms with E-state index in [4.69, 9.17) is 5.73 Å². The molecule has 1 amide bonds. The molecule has 0 bridgehead atoms. The molecule has 0 fully saturated rings. The Hall–Kier alpha value is -2.36. The van der Waals surface area contributed by atoms with Crippen molar-refractivity contribution in [1.29, 1.82) is 0 Å². The van der Waals surface area contributed by atoms with Gasteiger partial charge < -0.3 is 11.1 Å². The van der Waals surface area contributed by atoms with Crippen molar-refractivity contribution in [2.45, 2.75) is 25.3 Å². The summed E-state index contributed by atoms with van der Waals surface area (Å²) in [7, 11) is 0. The molecule has 1 atom stereocenters. The zero-order valence-electron chi connectivity index (χ0n) is 11.6. The molecule has 0 heterocycles. The lowest BCUT2D eigenvalue weighted by Crippen LogP contribution is -2.13. The topological polar surface area (TPSA) is 55.1 Å². The Bertz CT molecular complexity index is 667. The molecule has 0 aliphatic heterocycles. The van der Waals surface area contributed by atoms with Crippen LogP contribution >= 0.6 is 0 Å². The number of anilines is 1. The average Bonchev–Trinajstić information content (AvgIpc) is 2.83. The van der Waals surface area contributed by atoms with E-state index in [1.807, 2.05) is 30.3 Å². The number of nitrogens with one attached hydrogen (secondary N) is 1. The Labute approximate surface area is 123 Å². The van der Waals surface area contributed by atoms with Crippen molar-refractivity contribution < 1.29 is 9.18 Å². The molecule has 0 radical (unpaired) electrons. The summed E-state index contributed by atoms with van der Waals surface area (Å²) >= 11 is 0. The monoisotopic (exact) mass is 284 g/mol. The van der Waals surface area contributed by atoms with E-state index in [1.165, 1.54) is 6.07 Å². The van der Waals surface area contributed by atoms with Gasteiger partial charge in [-0.15, -0.1) is 0 Å². The minimum atomic E-state index is -0.331. The molecular formula is C17H17FN2O. The second kappa shape index (κ2) is 5.56. The largest absolute Gasteiger partial charge is 0.378 e. The van der Waals surface area contributed by atoms with E-state index in [1.54, 1.807) is 6.07 Å². The van der Waals surface area contributed by atoms with Gasteiger partial charge in [-0.3, -0.25) is 4.79 Å². The highest BCUT2D eigenvalue weighted by Gasteiger charge is 2.22. The fraction of sp³-hybridized carbons (Fsp3) is 0.235. The van der Waals surface area contributed by atoms with Gasteiger partial charge in [0.1, 0.15) is 5.82 Å². The predicted octanol–water partition coefficient (Wildman–Crippen LogP) is 2.95. The third kappa shape index (κ3) is 3.05. The van der Waals surface area contributed by atoms with Gasteiger partial charge in [0, 0.05) is 5.69 Å². The lowest BCUT2D eigenvalue weighted by atomic mass is 10.1. The van der Waals surface area contributed by atoms with Gasteiger partial charge in [0.25, 0.3) is 0 Å². The molecular weight excluding hydrogens is 267 g/mol. The summed E-state index contributed by atoms with van der Waals surface area (Å²) in [4.78, 5) is 10.9. The molecule has 2 aromatic carbocycles. The third-order valence-corrected chi connectivity index (χ3v) is 3.86. The van der Waals surface area contributed by atoms with E-state index in [2.05, 4.69) is 5.32 Å². The molecule has 1 aliphatic rings. The van der Waals surface area contributed by atoms with Crippen LogP contribution in [0.15, 0.2) is 42.5 Å². The fourth-order valence-corrected chi connectivity index (χ4v) is 2.86. The lowest BCUT2D eigenvalue weighted by Gasteiger charge is -2.16. The van der Waals surface area contributed by atoms with Crippen LogP contribution in [0.25, 0.3) is 0 Å². The quantitative estimate of drug-likeness (QED) is 0.907. The van der Waals surface area contributed by atoms with E-state index >= 15 is 0 Å². The van der Waals surface area contributed by atoms with Crippen molar-refractivity contribution in [3.63, 3.8) is 0 Å². The van der Waals surface area contributed by atoms with Crippen molar-refractivity contribution in [1.82, 2.24) is 0 Å². The summed E-state index contributed by atoms with van der Waals surface area (Å²) in [5.74, 6) is -0.507. The molecule has 4 heteroatoms. The minimum Gasteiger partial charge on any atom is -0.378 e. The Morgan fingerprint density at radius 2 is 2.00 bits per heavy atom. The second-order valence-corrected chi connectivity index (χ2v) is 5.42. The number of rotatable bonds is 4. The molecule has 3 rings (SSSR count). The Kier molecular flexibility index (Phi) is 3.60. The summed E-state index contributed by atoms with van der Waals surface area (Å²) in [5, 5.41) is 3.46. The first-order valence-electron chi connectivity index (χ1n) is 7.04. The van der Waals surface area contributed by atoms with Gasteiger partial charge in [-0.05, 0) is 53.8 Å². The molecule has 0 aromatic heterocycles. The van der Waals surface area contributed by atoms with Gasteiger partial charge in [-0.25, -0.2) is 4.39 Å². The van der Waals surface area contributed by atoms with E-state index in [9.17, 15) is 9.18 Å². The van der Waals surface area contributed by atoms with E-state index in [0.717, 1.165) is 35.2 Å². The summed E-state index contributed by atoms with van der Waals surface area (Å²) in [6.45, 7) is 0. The number of nitrogens with two attached hydrogens (primary N) is 1. The highest BCUT2D eigenvalue weighted by Crippen LogP contribution is 2.34. The van der Waals surface area contributed by atoms with Gasteiger partial charge in [-0.1, -0.05) is 18.2 Å². The SMILES string of the molecule is NC(=O)Cc1ccc(NC2CCc3cc(F)ccc32)cc1. The van der Waals surface area contributed by atoms with Crippen LogP contribution in [0.2, 0.25) is 0 Å². The van der Waals surface area contributed by atoms with Gasteiger partial charge >= 0.3 is 0 Å². The number of carbonyl (C=O) groups is 1. The number of primary amides is 1. The highest BCUT2D eigenvalue weighted by molar-refractivity contribution is 5.76. The van der Waals surface area contributed by atoms with Crippen LogP contribution in [0.3, 0.4) is 0 Å². The average molecular weight is 284 g/mol. The third-order valence-electron chi connectivity index (χ3n) is 3.86. The summed E-state index contributed by atoms with van der Waals surface area (Å²) < 4.78 is 13.2.